The fraction of sp³-hybridized carbons (Fsp3) is 0.300. The van der Waals surface area contributed by atoms with Crippen LogP contribution >= 0.6 is 0 Å². The molecule has 1 aromatic heterocycles. The molecule has 0 unspecified atom stereocenters. The van der Waals surface area contributed by atoms with Crippen LogP contribution in [-0.2, 0) is 0 Å². The molecule has 1 heterocycles. The van der Waals surface area contributed by atoms with Crippen molar-refractivity contribution >= 4 is 5.69 Å². The fourth-order valence-corrected chi connectivity index (χ4v) is 1.02. The van der Waals surface area contributed by atoms with Gasteiger partial charge < -0.3 is 9.84 Å². The van der Waals surface area contributed by atoms with E-state index in [4.69, 9.17) is 9.84 Å². The highest BCUT2D eigenvalue weighted by Crippen LogP contribution is 2.23. The number of aromatic nitrogens is 1. The Kier molecular flexibility index (Phi) is 4.24. The number of ether oxygens (including phenoxy) is 1. The Labute approximate surface area is 92.0 Å². The lowest BCUT2D eigenvalue weighted by atomic mass is 10.2. The minimum atomic E-state index is -0.580. The number of nitro groups is 1. The summed E-state index contributed by atoms with van der Waals surface area (Å²) >= 11 is 0. The van der Waals surface area contributed by atoms with E-state index in [1.165, 1.54) is 19.4 Å². The average molecular weight is 222 g/mol. The molecule has 0 amide bonds. The molecule has 0 atom stereocenters. The number of rotatable bonds is 3. The van der Waals surface area contributed by atoms with Gasteiger partial charge in [-0.3, -0.25) is 10.1 Å². The molecule has 16 heavy (non-hydrogen) atoms. The Morgan fingerprint density at radius 1 is 1.69 bits per heavy atom. The third-order valence-corrected chi connectivity index (χ3v) is 1.69. The van der Waals surface area contributed by atoms with Crippen molar-refractivity contribution in [3.05, 3.63) is 27.9 Å². The molecule has 84 valence electrons. The Morgan fingerprint density at radius 3 is 3.00 bits per heavy atom. The van der Waals surface area contributed by atoms with Gasteiger partial charge in [-0.05, 0) is 0 Å². The molecule has 0 aliphatic carbocycles. The van der Waals surface area contributed by atoms with Gasteiger partial charge in [0.15, 0.2) is 0 Å². The highest BCUT2D eigenvalue weighted by atomic mass is 16.6. The molecule has 0 aromatic carbocycles. The highest BCUT2D eigenvalue weighted by Gasteiger charge is 2.16. The lowest BCUT2D eigenvalue weighted by Gasteiger charge is -1.99. The van der Waals surface area contributed by atoms with Crippen LogP contribution in [-0.4, -0.2) is 28.7 Å². The minimum Gasteiger partial charge on any atom is -0.476 e. The number of nitrogens with zero attached hydrogens (tertiary/aromatic N) is 2. The molecule has 0 saturated heterocycles. The molecule has 0 aliphatic heterocycles. The molecule has 0 radical (unpaired) electrons. The van der Waals surface area contributed by atoms with Crippen molar-refractivity contribution in [1.82, 2.24) is 4.98 Å². The molecule has 6 heteroatoms. The van der Waals surface area contributed by atoms with E-state index in [0.717, 1.165) is 0 Å². The predicted molar refractivity (Wildman–Crippen MR) is 56.0 cm³/mol. The lowest BCUT2D eigenvalue weighted by molar-refractivity contribution is -0.386. The van der Waals surface area contributed by atoms with Crippen molar-refractivity contribution in [3.8, 4) is 17.7 Å². The topological polar surface area (TPSA) is 85.5 Å². The van der Waals surface area contributed by atoms with E-state index in [-0.39, 0.29) is 18.2 Å². The Morgan fingerprint density at radius 2 is 2.44 bits per heavy atom. The van der Waals surface area contributed by atoms with Gasteiger partial charge in [0, 0.05) is 24.2 Å². The van der Waals surface area contributed by atoms with Crippen LogP contribution in [0.3, 0.4) is 0 Å². The van der Waals surface area contributed by atoms with Crippen LogP contribution in [0.2, 0.25) is 0 Å². The van der Waals surface area contributed by atoms with Gasteiger partial charge in [0.2, 0.25) is 0 Å². The summed E-state index contributed by atoms with van der Waals surface area (Å²) in [7, 11) is 1.31. The minimum absolute atomic E-state index is 0.0430. The van der Waals surface area contributed by atoms with Crippen LogP contribution in [0.1, 0.15) is 12.0 Å². The Hall–Kier alpha value is -2.13. The zero-order chi connectivity index (χ0) is 12.0. The Bertz CT molecular complexity index is 448. The first-order chi connectivity index (χ1) is 7.69. The van der Waals surface area contributed by atoms with Crippen LogP contribution in [0.15, 0.2) is 12.3 Å². The summed E-state index contributed by atoms with van der Waals surface area (Å²) in [5.74, 6) is 5.27. The second-order valence-corrected chi connectivity index (χ2v) is 2.78. The standard InChI is InChI=1S/C10H10N2O4/c1-16-10-9(12(14)15)6-8(7-11-10)4-2-3-5-13/h6-7,13H,3,5H2,1H3. The third-order valence-electron chi connectivity index (χ3n) is 1.69. The van der Waals surface area contributed by atoms with Crippen LogP contribution in [0, 0.1) is 22.0 Å². The summed E-state index contributed by atoms with van der Waals surface area (Å²) in [6.07, 6.45) is 1.70. The van der Waals surface area contributed by atoms with E-state index in [0.29, 0.717) is 12.0 Å². The first kappa shape index (κ1) is 11.9. The molecule has 1 aromatic rings. The van der Waals surface area contributed by atoms with Gasteiger partial charge >= 0.3 is 5.69 Å². The summed E-state index contributed by atoms with van der Waals surface area (Å²) in [5, 5.41) is 19.2. The molecule has 0 spiro atoms. The zero-order valence-electron chi connectivity index (χ0n) is 8.64. The highest BCUT2D eigenvalue weighted by molar-refractivity contribution is 5.47. The second-order valence-electron chi connectivity index (χ2n) is 2.78. The maximum absolute atomic E-state index is 10.7. The van der Waals surface area contributed by atoms with Crippen LogP contribution in [0.5, 0.6) is 5.88 Å². The van der Waals surface area contributed by atoms with E-state index < -0.39 is 4.92 Å². The van der Waals surface area contributed by atoms with Gasteiger partial charge in [-0.2, -0.15) is 0 Å². The summed E-state index contributed by atoms with van der Waals surface area (Å²) in [5.41, 5.74) is 0.194. The van der Waals surface area contributed by atoms with Crippen molar-refractivity contribution in [2.75, 3.05) is 13.7 Å². The van der Waals surface area contributed by atoms with Gasteiger partial charge in [0.1, 0.15) is 0 Å². The zero-order valence-corrected chi connectivity index (χ0v) is 8.64. The van der Waals surface area contributed by atoms with Crippen molar-refractivity contribution in [3.63, 3.8) is 0 Å². The monoisotopic (exact) mass is 222 g/mol. The molecule has 0 aliphatic rings. The maximum Gasteiger partial charge on any atom is 0.332 e. The van der Waals surface area contributed by atoms with Gasteiger partial charge in [-0.15, -0.1) is 0 Å². The number of aliphatic hydroxyl groups excluding tert-OH is 1. The molecule has 0 saturated carbocycles. The summed E-state index contributed by atoms with van der Waals surface area (Å²) in [4.78, 5) is 13.8. The van der Waals surface area contributed by atoms with Gasteiger partial charge in [0.05, 0.1) is 18.6 Å². The van der Waals surface area contributed by atoms with Gasteiger partial charge in [0.25, 0.3) is 5.88 Å². The summed E-state index contributed by atoms with van der Waals surface area (Å²) in [6.45, 7) is -0.0430. The normalized spacial score (nSPS) is 9.12. The van der Waals surface area contributed by atoms with E-state index in [1.807, 2.05) is 0 Å². The van der Waals surface area contributed by atoms with Crippen LogP contribution in [0.25, 0.3) is 0 Å². The Balaban J connectivity index is 3.04. The van der Waals surface area contributed by atoms with Crippen molar-refractivity contribution < 1.29 is 14.8 Å². The number of pyridine rings is 1. The smallest absolute Gasteiger partial charge is 0.332 e. The van der Waals surface area contributed by atoms with Gasteiger partial charge in [-0.25, -0.2) is 4.98 Å². The van der Waals surface area contributed by atoms with Gasteiger partial charge in [-0.1, -0.05) is 11.8 Å². The predicted octanol–water partition coefficient (Wildman–Crippen LogP) is 0.732. The SMILES string of the molecule is COc1ncc(C#CCCO)cc1[N+](=O)[O-]. The summed E-state index contributed by atoms with van der Waals surface area (Å²) < 4.78 is 4.75. The number of hydrogen-bond acceptors (Lipinski definition) is 5. The number of methoxy groups -OCH3 is 1. The molecule has 1 rings (SSSR count). The van der Waals surface area contributed by atoms with Crippen molar-refractivity contribution in [1.29, 1.82) is 0 Å². The largest absolute Gasteiger partial charge is 0.476 e. The average Bonchev–Trinajstić information content (AvgIpc) is 2.29. The molecule has 0 fully saturated rings. The third kappa shape index (κ3) is 2.93. The van der Waals surface area contributed by atoms with E-state index in [1.54, 1.807) is 0 Å². The molecule has 1 N–H and O–H groups in total. The number of hydrogen-bond donors (Lipinski definition) is 1. The molecular formula is C10H10N2O4. The fourth-order valence-electron chi connectivity index (χ4n) is 1.02. The molecular weight excluding hydrogens is 212 g/mol. The second kappa shape index (κ2) is 5.68. The molecule has 0 bridgehead atoms. The molecule has 6 nitrogen and oxygen atoms in total. The maximum atomic E-state index is 10.7. The van der Waals surface area contributed by atoms with E-state index in [2.05, 4.69) is 16.8 Å². The van der Waals surface area contributed by atoms with E-state index >= 15 is 0 Å². The van der Waals surface area contributed by atoms with Crippen LogP contribution in [0.4, 0.5) is 5.69 Å². The van der Waals surface area contributed by atoms with Crippen LogP contribution < -0.4 is 4.74 Å². The quantitative estimate of drug-likeness (QED) is 0.463. The van der Waals surface area contributed by atoms with E-state index in [9.17, 15) is 10.1 Å². The van der Waals surface area contributed by atoms with Crippen molar-refractivity contribution in [2.24, 2.45) is 0 Å². The first-order valence-corrected chi connectivity index (χ1v) is 4.47. The first-order valence-electron chi connectivity index (χ1n) is 4.47. The summed E-state index contributed by atoms with van der Waals surface area (Å²) in [6, 6.07) is 1.29. The lowest BCUT2D eigenvalue weighted by Crippen LogP contribution is -1.96. The van der Waals surface area contributed by atoms with Crippen molar-refractivity contribution in [2.45, 2.75) is 6.42 Å². The number of aliphatic hydroxyl groups is 1.